The van der Waals surface area contributed by atoms with Crippen molar-refractivity contribution in [1.29, 1.82) is 0 Å². The summed E-state index contributed by atoms with van der Waals surface area (Å²) in [5, 5.41) is 0. The second-order valence-corrected chi connectivity index (χ2v) is 6.31. The van der Waals surface area contributed by atoms with Crippen molar-refractivity contribution in [3.05, 3.63) is 0 Å². The minimum Gasteiger partial charge on any atom is -0.349 e. The van der Waals surface area contributed by atoms with Crippen molar-refractivity contribution in [3.8, 4) is 0 Å². The van der Waals surface area contributed by atoms with Gasteiger partial charge in [0.2, 0.25) is 5.91 Å². The number of piperidine rings is 1. The van der Waals surface area contributed by atoms with Crippen LogP contribution in [0.25, 0.3) is 0 Å². The summed E-state index contributed by atoms with van der Waals surface area (Å²) < 4.78 is 0. The number of amides is 1. The van der Waals surface area contributed by atoms with Crippen LogP contribution in [-0.4, -0.2) is 49.9 Å². The summed E-state index contributed by atoms with van der Waals surface area (Å²) >= 11 is 0. The molecule has 0 aromatic rings. The third kappa shape index (κ3) is 2.82. The van der Waals surface area contributed by atoms with E-state index in [1.165, 1.54) is 38.8 Å². The molecule has 0 aromatic carbocycles. The van der Waals surface area contributed by atoms with Crippen molar-refractivity contribution in [2.45, 2.75) is 38.5 Å². The van der Waals surface area contributed by atoms with Crippen LogP contribution >= 0.6 is 0 Å². The van der Waals surface area contributed by atoms with Crippen LogP contribution < -0.4 is 0 Å². The molecule has 1 saturated heterocycles. The molecule has 1 spiro atoms. The van der Waals surface area contributed by atoms with Crippen LogP contribution in [0.4, 0.5) is 0 Å². The van der Waals surface area contributed by atoms with Crippen LogP contribution in [0, 0.1) is 11.3 Å². The lowest BCUT2D eigenvalue weighted by Gasteiger charge is -2.45. The highest BCUT2D eigenvalue weighted by atomic mass is 16.2. The number of carbonyl (C=O) groups is 1. The van der Waals surface area contributed by atoms with Gasteiger partial charge in [-0.2, -0.15) is 0 Å². The van der Waals surface area contributed by atoms with Gasteiger partial charge < -0.3 is 9.80 Å². The first-order valence-corrected chi connectivity index (χ1v) is 6.92. The molecule has 0 unspecified atom stereocenters. The quantitative estimate of drug-likeness (QED) is 0.697. The predicted molar refractivity (Wildman–Crippen MR) is 69.8 cm³/mol. The van der Waals surface area contributed by atoms with Gasteiger partial charge in [-0.15, -0.1) is 0 Å². The van der Waals surface area contributed by atoms with Crippen LogP contribution in [0.3, 0.4) is 0 Å². The van der Waals surface area contributed by atoms with Crippen molar-refractivity contribution in [3.63, 3.8) is 0 Å². The fraction of sp³-hybridized carbons (Fsp3) is 0.929. The molecular weight excluding hydrogens is 212 g/mol. The molecule has 2 fully saturated rings. The third-order valence-electron chi connectivity index (χ3n) is 4.88. The molecule has 0 N–H and O–H groups in total. The smallest absolute Gasteiger partial charge is 0.225 e. The molecule has 1 saturated carbocycles. The summed E-state index contributed by atoms with van der Waals surface area (Å²) in [7, 11) is 5.97. The molecule has 0 bridgehead atoms. The molecule has 3 nitrogen and oxygen atoms in total. The molecule has 1 aliphatic carbocycles. The Kier molecular flexibility index (Phi) is 3.76. The first-order valence-electron chi connectivity index (χ1n) is 6.92. The van der Waals surface area contributed by atoms with Crippen molar-refractivity contribution in [2.75, 3.05) is 34.2 Å². The number of hydrogen-bond acceptors (Lipinski definition) is 2. The van der Waals surface area contributed by atoms with Gasteiger partial charge in [-0.1, -0.05) is 0 Å². The van der Waals surface area contributed by atoms with Gasteiger partial charge >= 0.3 is 0 Å². The van der Waals surface area contributed by atoms with E-state index in [9.17, 15) is 4.79 Å². The van der Waals surface area contributed by atoms with Gasteiger partial charge in [0.25, 0.3) is 0 Å². The summed E-state index contributed by atoms with van der Waals surface area (Å²) in [6.07, 6.45) is 7.44. The molecule has 0 aromatic heterocycles. The second-order valence-electron chi connectivity index (χ2n) is 6.31. The van der Waals surface area contributed by atoms with E-state index >= 15 is 0 Å². The van der Waals surface area contributed by atoms with Crippen LogP contribution in [0.5, 0.6) is 0 Å². The third-order valence-corrected chi connectivity index (χ3v) is 4.88. The van der Waals surface area contributed by atoms with E-state index in [-0.39, 0.29) is 0 Å². The highest BCUT2D eigenvalue weighted by Crippen LogP contribution is 2.46. The topological polar surface area (TPSA) is 23.6 Å². The van der Waals surface area contributed by atoms with Crippen molar-refractivity contribution >= 4 is 5.91 Å². The van der Waals surface area contributed by atoms with Gasteiger partial charge in [0.05, 0.1) is 0 Å². The highest BCUT2D eigenvalue weighted by molar-refractivity contribution is 5.78. The minimum atomic E-state index is 0.301. The van der Waals surface area contributed by atoms with Gasteiger partial charge in [-0.25, -0.2) is 0 Å². The number of likely N-dealkylation sites (tertiary alicyclic amines) is 1. The lowest BCUT2D eigenvalue weighted by Crippen LogP contribution is -2.42. The average Bonchev–Trinajstić information content (AvgIpc) is 2.33. The molecule has 2 aliphatic rings. The zero-order valence-corrected chi connectivity index (χ0v) is 11.5. The predicted octanol–water partition coefficient (Wildman–Crippen LogP) is 1.98. The molecule has 3 heteroatoms. The summed E-state index contributed by atoms with van der Waals surface area (Å²) in [6.45, 7) is 2.48. The lowest BCUT2D eigenvalue weighted by molar-refractivity contribution is -0.135. The summed E-state index contributed by atoms with van der Waals surface area (Å²) in [6, 6.07) is 0. The molecule has 0 radical (unpaired) electrons. The normalized spacial score (nSPS) is 26.1. The highest BCUT2D eigenvalue weighted by Gasteiger charge is 2.39. The van der Waals surface area contributed by atoms with Gasteiger partial charge in [-0.05, 0) is 64.1 Å². The molecule has 1 aliphatic heterocycles. The number of nitrogens with zero attached hydrogens (tertiary/aromatic N) is 2. The lowest BCUT2D eigenvalue weighted by atomic mass is 9.65. The van der Waals surface area contributed by atoms with E-state index in [4.69, 9.17) is 0 Å². The van der Waals surface area contributed by atoms with Gasteiger partial charge in [0.15, 0.2) is 0 Å². The largest absolute Gasteiger partial charge is 0.349 e. The van der Waals surface area contributed by atoms with E-state index in [1.54, 1.807) is 4.90 Å². The van der Waals surface area contributed by atoms with Crippen LogP contribution in [-0.2, 0) is 4.79 Å². The minimum absolute atomic E-state index is 0.301. The van der Waals surface area contributed by atoms with Gasteiger partial charge in [-0.3, -0.25) is 4.79 Å². The fourth-order valence-electron chi connectivity index (χ4n) is 3.44. The Hall–Kier alpha value is -0.570. The number of hydrogen-bond donors (Lipinski definition) is 0. The summed E-state index contributed by atoms with van der Waals surface area (Å²) in [5.74, 6) is 0.642. The maximum absolute atomic E-state index is 11.9. The Morgan fingerprint density at radius 1 is 1.12 bits per heavy atom. The van der Waals surface area contributed by atoms with Gasteiger partial charge in [0.1, 0.15) is 0 Å². The second kappa shape index (κ2) is 4.97. The standard InChI is InChI=1S/C14H26N2O/c1-15(2)13(17)12-4-6-14(7-5-12)8-10-16(3)11-9-14/h12H,4-11H2,1-3H3. The molecule has 98 valence electrons. The molecule has 2 rings (SSSR count). The van der Waals surface area contributed by atoms with E-state index in [1.807, 2.05) is 14.1 Å². The SMILES string of the molecule is CN1CCC2(CCC(C(=O)N(C)C)CC2)CC1. The fourth-order valence-corrected chi connectivity index (χ4v) is 3.44. The molecular formula is C14H26N2O. The molecule has 17 heavy (non-hydrogen) atoms. The maximum Gasteiger partial charge on any atom is 0.225 e. The number of carbonyl (C=O) groups excluding carboxylic acids is 1. The van der Waals surface area contributed by atoms with Crippen LogP contribution in [0.15, 0.2) is 0 Å². The van der Waals surface area contributed by atoms with Crippen molar-refractivity contribution < 1.29 is 4.79 Å². The Morgan fingerprint density at radius 3 is 2.12 bits per heavy atom. The van der Waals surface area contributed by atoms with E-state index in [0.29, 0.717) is 17.2 Å². The Morgan fingerprint density at radius 2 is 1.65 bits per heavy atom. The van der Waals surface area contributed by atoms with Crippen molar-refractivity contribution in [2.24, 2.45) is 11.3 Å². The zero-order valence-electron chi connectivity index (χ0n) is 11.5. The Balaban J connectivity index is 1.87. The Labute approximate surface area is 105 Å². The first-order chi connectivity index (χ1) is 8.02. The average molecular weight is 238 g/mol. The summed E-state index contributed by atoms with van der Waals surface area (Å²) in [5.41, 5.74) is 0.579. The number of rotatable bonds is 1. The van der Waals surface area contributed by atoms with Crippen LogP contribution in [0.1, 0.15) is 38.5 Å². The molecule has 0 atom stereocenters. The zero-order chi connectivity index (χ0) is 12.5. The Bertz CT molecular complexity index is 270. The van der Waals surface area contributed by atoms with E-state index < -0.39 is 0 Å². The molecule has 1 amide bonds. The monoisotopic (exact) mass is 238 g/mol. The molecule has 1 heterocycles. The van der Waals surface area contributed by atoms with Crippen LogP contribution in [0.2, 0.25) is 0 Å². The van der Waals surface area contributed by atoms with Crippen molar-refractivity contribution in [1.82, 2.24) is 9.80 Å². The summed E-state index contributed by atoms with van der Waals surface area (Å²) in [4.78, 5) is 16.1. The van der Waals surface area contributed by atoms with Gasteiger partial charge in [0, 0.05) is 20.0 Å². The van der Waals surface area contributed by atoms with E-state index in [2.05, 4.69) is 11.9 Å². The van der Waals surface area contributed by atoms with E-state index in [0.717, 1.165) is 12.8 Å². The first kappa shape index (κ1) is 12.9. The maximum atomic E-state index is 11.9.